The van der Waals surface area contributed by atoms with Crippen LogP contribution in [-0.2, 0) is 9.59 Å². The highest BCUT2D eigenvalue weighted by Crippen LogP contribution is 2.42. The molecule has 6 heteroatoms. The van der Waals surface area contributed by atoms with E-state index in [9.17, 15) is 23.5 Å². The number of aliphatic hydroxyl groups is 1. The molecule has 1 saturated heterocycles. The summed E-state index contributed by atoms with van der Waals surface area (Å²) in [4.78, 5) is 27.2. The highest BCUT2D eigenvalue weighted by atomic mass is 19.2. The van der Waals surface area contributed by atoms with Crippen LogP contribution >= 0.6 is 0 Å². The summed E-state index contributed by atoms with van der Waals surface area (Å²) in [6.45, 7) is 3.64. The van der Waals surface area contributed by atoms with Crippen molar-refractivity contribution in [1.29, 1.82) is 0 Å². The number of aliphatic hydroxyl groups excluding tert-OH is 1. The first kappa shape index (κ1) is 20.5. The first-order valence-electron chi connectivity index (χ1n) is 9.68. The Kier molecular flexibility index (Phi) is 5.15. The van der Waals surface area contributed by atoms with Gasteiger partial charge < -0.3 is 5.11 Å². The molecule has 1 heterocycles. The summed E-state index contributed by atoms with van der Waals surface area (Å²) in [6.07, 6.45) is 0. The Bertz CT molecular complexity index is 1230. The minimum absolute atomic E-state index is 0.0230. The molecule has 0 aliphatic carbocycles. The van der Waals surface area contributed by atoms with E-state index >= 15 is 0 Å². The van der Waals surface area contributed by atoms with E-state index in [4.69, 9.17) is 0 Å². The lowest BCUT2D eigenvalue weighted by atomic mass is 9.93. The third kappa shape index (κ3) is 3.50. The molecule has 1 unspecified atom stereocenters. The number of hydrogen-bond acceptors (Lipinski definition) is 3. The van der Waals surface area contributed by atoms with Gasteiger partial charge in [-0.1, -0.05) is 48.0 Å². The number of nitrogens with zero attached hydrogens (tertiary/aromatic N) is 1. The van der Waals surface area contributed by atoms with Crippen LogP contribution in [-0.4, -0.2) is 16.8 Å². The van der Waals surface area contributed by atoms with Gasteiger partial charge in [0.1, 0.15) is 5.76 Å². The van der Waals surface area contributed by atoms with Gasteiger partial charge in [0.15, 0.2) is 11.6 Å². The van der Waals surface area contributed by atoms with E-state index in [1.165, 1.54) is 6.07 Å². The molecule has 3 aromatic carbocycles. The van der Waals surface area contributed by atoms with Crippen molar-refractivity contribution in [2.75, 3.05) is 4.90 Å². The number of benzene rings is 3. The molecule has 4 rings (SSSR count). The number of hydrogen-bond donors (Lipinski definition) is 1. The van der Waals surface area contributed by atoms with Crippen LogP contribution in [0.25, 0.3) is 5.76 Å². The van der Waals surface area contributed by atoms with E-state index in [1.807, 2.05) is 19.1 Å². The molecular weight excluding hydrogens is 400 g/mol. The van der Waals surface area contributed by atoms with Crippen molar-refractivity contribution in [3.8, 4) is 0 Å². The molecule has 1 amide bonds. The van der Waals surface area contributed by atoms with Crippen molar-refractivity contribution in [1.82, 2.24) is 0 Å². The first-order valence-corrected chi connectivity index (χ1v) is 9.68. The summed E-state index contributed by atoms with van der Waals surface area (Å²) >= 11 is 0. The number of carbonyl (C=O) groups excluding carboxylic acids is 2. The second-order valence-corrected chi connectivity index (χ2v) is 7.50. The number of carbonyl (C=O) groups is 2. The third-order valence-electron chi connectivity index (χ3n) is 5.39. The molecule has 31 heavy (non-hydrogen) atoms. The Morgan fingerprint density at radius 1 is 0.903 bits per heavy atom. The highest BCUT2D eigenvalue weighted by Gasteiger charge is 2.47. The average Bonchev–Trinajstić information content (AvgIpc) is 3.03. The van der Waals surface area contributed by atoms with Crippen LogP contribution in [0.3, 0.4) is 0 Å². The van der Waals surface area contributed by atoms with Crippen LogP contribution in [0.5, 0.6) is 0 Å². The van der Waals surface area contributed by atoms with Crippen LogP contribution in [0.2, 0.25) is 0 Å². The molecule has 1 aliphatic heterocycles. The predicted octanol–water partition coefficient (Wildman–Crippen LogP) is 5.21. The number of anilines is 1. The summed E-state index contributed by atoms with van der Waals surface area (Å²) in [6, 6.07) is 16.1. The Morgan fingerprint density at radius 3 is 2.29 bits per heavy atom. The van der Waals surface area contributed by atoms with E-state index in [0.29, 0.717) is 11.1 Å². The number of amides is 1. The molecule has 1 aliphatic rings. The van der Waals surface area contributed by atoms with Gasteiger partial charge in [0.25, 0.3) is 11.7 Å². The lowest BCUT2D eigenvalue weighted by Crippen LogP contribution is -2.29. The zero-order chi connectivity index (χ0) is 22.3. The van der Waals surface area contributed by atoms with Crippen molar-refractivity contribution in [2.45, 2.75) is 19.9 Å². The standard InChI is InChI=1S/C25H19F2NO3/c1-14-8-9-15(2)18(12-14)23(29)21-22(16-6-4-3-5-7-16)28(25(31)24(21)30)17-10-11-19(26)20(27)13-17/h3-13,22,29H,1-2H3/b23-21+. The normalized spacial score (nSPS) is 17.9. The van der Waals surface area contributed by atoms with Crippen LogP contribution < -0.4 is 4.90 Å². The third-order valence-corrected chi connectivity index (χ3v) is 5.39. The minimum Gasteiger partial charge on any atom is -0.507 e. The van der Waals surface area contributed by atoms with E-state index in [2.05, 4.69) is 0 Å². The first-order chi connectivity index (χ1) is 14.8. The number of rotatable bonds is 3. The second kappa shape index (κ2) is 7.80. The molecule has 1 fully saturated rings. The quantitative estimate of drug-likeness (QED) is 0.360. The topological polar surface area (TPSA) is 57.6 Å². The maximum atomic E-state index is 13.9. The molecule has 156 valence electrons. The largest absolute Gasteiger partial charge is 0.507 e. The number of ketones is 1. The Labute approximate surface area is 178 Å². The Balaban J connectivity index is 1.98. The summed E-state index contributed by atoms with van der Waals surface area (Å²) in [5.74, 6) is -4.32. The minimum atomic E-state index is -1.14. The molecule has 0 bridgehead atoms. The lowest BCUT2D eigenvalue weighted by molar-refractivity contribution is -0.132. The van der Waals surface area contributed by atoms with Gasteiger partial charge in [-0.2, -0.15) is 0 Å². The lowest BCUT2D eigenvalue weighted by Gasteiger charge is -2.25. The van der Waals surface area contributed by atoms with Gasteiger partial charge in [-0.3, -0.25) is 14.5 Å². The predicted molar refractivity (Wildman–Crippen MR) is 113 cm³/mol. The maximum Gasteiger partial charge on any atom is 0.300 e. The summed E-state index contributed by atoms with van der Waals surface area (Å²) in [5, 5.41) is 11.2. The zero-order valence-electron chi connectivity index (χ0n) is 16.9. The van der Waals surface area contributed by atoms with Crippen LogP contribution in [0.1, 0.15) is 28.3 Å². The highest BCUT2D eigenvalue weighted by molar-refractivity contribution is 6.51. The molecular formula is C25H19F2NO3. The second-order valence-electron chi connectivity index (χ2n) is 7.50. The Morgan fingerprint density at radius 2 is 1.61 bits per heavy atom. The van der Waals surface area contributed by atoms with Gasteiger partial charge >= 0.3 is 0 Å². The van der Waals surface area contributed by atoms with E-state index in [-0.39, 0.29) is 17.0 Å². The fraction of sp³-hybridized carbons (Fsp3) is 0.120. The SMILES string of the molecule is Cc1ccc(C)c(/C(O)=C2\C(=O)C(=O)N(c3ccc(F)c(F)c3)C2c2ccccc2)c1. The van der Waals surface area contributed by atoms with Gasteiger partial charge in [-0.05, 0) is 43.2 Å². The number of Topliss-reactive ketones (excluding diaryl/α,β-unsaturated/α-hetero) is 1. The van der Waals surface area contributed by atoms with Gasteiger partial charge in [0.2, 0.25) is 0 Å². The van der Waals surface area contributed by atoms with Crippen LogP contribution in [0.4, 0.5) is 14.5 Å². The molecule has 1 N–H and O–H groups in total. The maximum absolute atomic E-state index is 13.9. The van der Waals surface area contributed by atoms with E-state index < -0.39 is 29.4 Å². The fourth-order valence-corrected chi connectivity index (χ4v) is 3.82. The van der Waals surface area contributed by atoms with Crippen molar-refractivity contribution in [2.24, 2.45) is 0 Å². The summed E-state index contributed by atoms with van der Waals surface area (Å²) < 4.78 is 27.4. The Hall–Kier alpha value is -3.80. The molecule has 0 radical (unpaired) electrons. The number of halogens is 2. The number of aryl methyl sites for hydroxylation is 2. The van der Waals surface area contributed by atoms with Crippen molar-refractivity contribution in [3.05, 3.63) is 106 Å². The molecule has 0 spiro atoms. The fourth-order valence-electron chi connectivity index (χ4n) is 3.82. The van der Waals surface area contributed by atoms with Crippen molar-refractivity contribution >= 4 is 23.1 Å². The van der Waals surface area contributed by atoms with E-state index in [0.717, 1.165) is 28.2 Å². The molecule has 4 nitrogen and oxygen atoms in total. The van der Waals surface area contributed by atoms with E-state index in [1.54, 1.807) is 43.3 Å². The zero-order valence-corrected chi connectivity index (χ0v) is 16.9. The van der Waals surface area contributed by atoms with Gasteiger partial charge in [0, 0.05) is 17.3 Å². The smallest absolute Gasteiger partial charge is 0.300 e. The molecule has 0 saturated carbocycles. The van der Waals surface area contributed by atoms with Crippen LogP contribution in [0, 0.1) is 25.5 Å². The van der Waals surface area contributed by atoms with Gasteiger partial charge in [0.05, 0.1) is 11.6 Å². The van der Waals surface area contributed by atoms with Crippen molar-refractivity contribution < 1.29 is 23.5 Å². The van der Waals surface area contributed by atoms with Gasteiger partial charge in [-0.15, -0.1) is 0 Å². The monoisotopic (exact) mass is 419 g/mol. The molecule has 0 aromatic heterocycles. The van der Waals surface area contributed by atoms with Gasteiger partial charge in [-0.25, -0.2) is 8.78 Å². The van der Waals surface area contributed by atoms with Crippen LogP contribution in [0.15, 0.2) is 72.3 Å². The molecule has 3 aromatic rings. The van der Waals surface area contributed by atoms with Crippen molar-refractivity contribution in [3.63, 3.8) is 0 Å². The molecule has 1 atom stereocenters. The summed E-state index contributed by atoms with van der Waals surface area (Å²) in [5.41, 5.74) is 2.51. The summed E-state index contributed by atoms with van der Waals surface area (Å²) in [7, 11) is 0. The average molecular weight is 419 g/mol.